The summed E-state index contributed by atoms with van der Waals surface area (Å²) in [4.78, 5) is 14.0. The number of carbonyl (C=O) groups is 1. The smallest absolute Gasteiger partial charge is 0.410 e. The second-order valence-electron chi connectivity index (χ2n) is 8.16. The van der Waals surface area contributed by atoms with Gasteiger partial charge in [-0.05, 0) is 75.5 Å². The highest BCUT2D eigenvalue weighted by atomic mass is 16.6. The third-order valence-electron chi connectivity index (χ3n) is 5.20. The summed E-state index contributed by atoms with van der Waals surface area (Å²) in [6, 6.07) is 7.60. The van der Waals surface area contributed by atoms with Crippen LogP contribution in [-0.2, 0) is 4.74 Å². The van der Waals surface area contributed by atoms with Gasteiger partial charge in [0, 0.05) is 13.1 Å². The normalized spacial score (nSPS) is 21.1. The zero-order chi connectivity index (χ0) is 16.7. The number of nitrogens with zero attached hydrogens (tertiary/aromatic N) is 1. The van der Waals surface area contributed by atoms with E-state index in [1.807, 2.05) is 37.8 Å². The highest BCUT2D eigenvalue weighted by molar-refractivity contribution is 5.68. The largest absolute Gasteiger partial charge is 0.508 e. The van der Waals surface area contributed by atoms with E-state index in [9.17, 15) is 9.90 Å². The first-order chi connectivity index (χ1) is 10.8. The molecule has 2 aliphatic rings. The number of hydrogen-bond donors (Lipinski definition) is 1. The first-order valence-electron chi connectivity index (χ1n) is 8.53. The van der Waals surface area contributed by atoms with Crippen molar-refractivity contribution in [3.8, 4) is 5.75 Å². The number of aromatic hydroxyl groups is 1. The average Bonchev–Trinajstić information content (AvgIpc) is 2.44. The minimum Gasteiger partial charge on any atom is -0.508 e. The third kappa shape index (κ3) is 3.62. The maximum atomic E-state index is 12.1. The van der Waals surface area contributed by atoms with Gasteiger partial charge in [0.2, 0.25) is 0 Å². The lowest BCUT2D eigenvalue weighted by Gasteiger charge is -2.52. The summed E-state index contributed by atoms with van der Waals surface area (Å²) in [5.41, 5.74) is 1.30. The minimum atomic E-state index is -0.424. The summed E-state index contributed by atoms with van der Waals surface area (Å²) < 4.78 is 5.46. The van der Waals surface area contributed by atoms with Crippen molar-refractivity contribution < 1.29 is 14.6 Å². The van der Waals surface area contributed by atoms with E-state index in [-0.39, 0.29) is 6.09 Å². The van der Waals surface area contributed by atoms with Gasteiger partial charge < -0.3 is 14.7 Å². The molecule has 23 heavy (non-hydrogen) atoms. The molecule has 4 heteroatoms. The lowest BCUT2D eigenvalue weighted by molar-refractivity contribution is -0.0121. The molecule has 0 radical (unpaired) electrons. The van der Waals surface area contributed by atoms with Crippen LogP contribution < -0.4 is 0 Å². The third-order valence-corrected chi connectivity index (χ3v) is 5.20. The quantitative estimate of drug-likeness (QED) is 0.840. The van der Waals surface area contributed by atoms with Crippen molar-refractivity contribution in [3.63, 3.8) is 0 Å². The van der Waals surface area contributed by atoms with Gasteiger partial charge in [0.1, 0.15) is 11.4 Å². The molecule has 0 atom stereocenters. The number of phenols is 1. The van der Waals surface area contributed by atoms with Crippen LogP contribution in [0.5, 0.6) is 5.75 Å². The molecule has 1 N–H and O–H groups in total. The Hall–Kier alpha value is -1.71. The molecular weight excluding hydrogens is 290 g/mol. The van der Waals surface area contributed by atoms with Crippen molar-refractivity contribution in [1.29, 1.82) is 0 Å². The highest BCUT2D eigenvalue weighted by Gasteiger charge is 2.47. The molecule has 0 aromatic heterocycles. The van der Waals surface area contributed by atoms with E-state index in [1.54, 1.807) is 12.1 Å². The molecule has 4 nitrogen and oxygen atoms in total. The van der Waals surface area contributed by atoms with Gasteiger partial charge in [0.15, 0.2) is 0 Å². The zero-order valence-corrected chi connectivity index (χ0v) is 14.3. The molecule has 1 spiro atoms. The Bertz CT molecular complexity index is 557. The van der Waals surface area contributed by atoms with E-state index in [1.165, 1.54) is 18.4 Å². The Balaban J connectivity index is 1.50. The molecule has 1 aromatic carbocycles. The molecule has 126 valence electrons. The fourth-order valence-electron chi connectivity index (χ4n) is 3.87. The zero-order valence-electron chi connectivity index (χ0n) is 14.3. The number of piperidine rings is 1. The Labute approximate surface area is 138 Å². The van der Waals surface area contributed by atoms with Crippen molar-refractivity contribution >= 4 is 6.09 Å². The number of phenolic OH excluding ortho intramolecular Hbond substituents is 1. The first kappa shape index (κ1) is 16.2. The number of ether oxygens (including phenoxy) is 1. The number of rotatable bonds is 1. The summed E-state index contributed by atoms with van der Waals surface area (Å²) in [7, 11) is 0. The Kier molecular flexibility index (Phi) is 4.03. The van der Waals surface area contributed by atoms with E-state index < -0.39 is 5.60 Å². The van der Waals surface area contributed by atoms with Crippen molar-refractivity contribution in [3.05, 3.63) is 29.8 Å². The van der Waals surface area contributed by atoms with Gasteiger partial charge >= 0.3 is 6.09 Å². The molecule has 2 fully saturated rings. The second kappa shape index (κ2) is 5.73. The molecule has 1 saturated heterocycles. The maximum absolute atomic E-state index is 12.1. The topological polar surface area (TPSA) is 49.8 Å². The van der Waals surface area contributed by atoms with Crippen LogP contribution in [0.3, 0.4) is 0 Å². The number of benzene rings is 1. The lowest BCUT2D eigenvalue weighted by atomic mass is 9.56. The summed E-state index contributed by atoms with van der Waals surface area (Å²) in [5.74, 6) is 0.928. The van der Waals surface area contributed by atoms with E-state index in [0.717, 1.165) is 25.9 Å². The summed E-state index contributed by atoms with van der Waals surface area (Å²) in [6.07, 6.45) is 4.35. The van der Waals surface area contributed by atoms with Gasteiger partial charge in [-0.25, -0.2) is 4.79 Å². The number of likely N-dealkylation sites (tertiary alicyclic amines) is 1. The summed E-state index contributed by atoms with van der Waals surface area (Å²) in [5, 5.41) is 9.38. The van der Waals surface area contributed by atoms with Crippen LogP contribution in [0.1, 0.15) is 57.9 Å². The molecular formula is C19H27NO3. The van der Waals surface area contributed by atoms with Crippen LogP contribution in [0.25, 0.3) is 0 Å². The van der Waals surface area contributed by atoms with E-state index in [0.29, 0.717) is 17.1 Å². The standard InChI is InChI=1S/C19H27NO3/c1-18(2,3)23-17(22)20-10-8-19(9-11-20)12-15(13-19)14-4-6-16(21)7-5-14/h4-7,15,21H,8-13H2,1-3H3. The number of hydrogen-bond acceptors (Lipinski definition) is 3. The van der Waals surface area contributed by atoms with E-state index in [4.69, 9.17) is 4.74 Å². The van der Waals surface area contributed by atoms with Crippen molar-refractivity contribution in [2.24, 2.45) is 5.41 Å². The lowest BCUT2D eigenvalue weighted by Crippen LogP contribution is -2.49. The Morgan fingerprint density at radius 3 is 2.26 bits per heavy atom. The summed E-state index contributed by atoms with van der Waals surface area (Å²) in [6.45, 7) is 7.33. The highest BCUT2D eigenvalue weighted by Crippen LogP contribution is 2.56. The molecule has 1 saturated carbocycles. The van der Waals surface area contributed by atoms with Crippen LogP contribution in [0.2, 0.25) is 0 Å². The van der Waals surface area contributed by atoms with Gasteiger partial charge in [-0.2, -0.15) is 0 Å². The monoisotopic (exact) mass is 317 g/mol. The Morgan fingerprint density at radius 2 is 1.74 bits per heavy atom. The van der Waals surface area contributed by atoms with Crippen LogP contribution in [-0.4, -0.2) is 34.8 Å². The SMILES string of the molecule is CC(C)(C)OC(=O)N1CCC2(CC1)CC(c1ccc(O)cc1)C2. The molecule has 0 bridgehead atoms. The van der Waals surface area contributed by atoms with Gasteiger partial charge in [-0.1, -0.05) is 12.1 Å². The fourth-order valence-corrected chi connectivity index (χ4v) is 3.87. The molecule has 1 amide bonds. The molecule has 1 aliphatic carbocycles. The molecule has 1 heterocycles. The van der Waals surface area contributed by atoms with E-state index >= 15 is 0 Å². The fraction of sp³-hybridized carbons (Fsp3) is 0.632. The summed E-state index contributed by atoms with van der Waals surface area (Å²) >= 11 is 0. The van der Waals surface area contributed by atoms with Crippen LogP contribution >= 0.6 is 0 Å². The number of amides is 1. The molecule has 0 unspecified atom stereocenters. The van der Waals surface area contributed by atoms with Crippen LogP contribution in [0.15, 0.2) is 24.3 Å². The van der Waals surface area contributed by atoms with Gasteiger partial charge in [0.25, 0.3) is 0 Å². The van der Waals surface area contributed by atoms with Crippen molar-refractivity contribution in [2.45, 2.75) is 58.0 Å². The predicted octanol–water partition coefficient (Wildman–Crippen LogP) is 4.29. The van der Waals surface area contributed by atoms with E-state index in [2.05, 4.69) is 0 Å². The van der Waals surface area contributed by atoms with Crippen molar-refractivity contribution in [1.82, 2.24) is 4.90 Å². The van der Waals surface area contributed by atoms with Gasteiger partial charge in [0.05, 0.1) is 0 Å². The van der Waals surface area contributed by atoms with Crippen molar-refractivity contribution in [2.75, 3.05) is 13.1 Å². The maximum Gasteiger partial charge on any atom is 0.410 e. The first-order valence-corrected chi connectivity index (χ1v) is 8.53. The van der Waals surface area contributed by atoms with Gasteiger partial charge in [-0.15, -0.1) is 0 Å². The Morgan fingerprint density at radius 1 is 1.17 bits per heavy atom. The average molecular weight is 317 g/mol. The minimum absolute atomic E-state index is 0.179. The van der Waals surface area contributed by atoms with Gasteiger partial charge in [-0.3, -0.25) is 0 Å². The van der Waals surface area contributed by atoms with Crippen LogP contribution in [0.4, 0.5) is 4.79 Å². The molecule has 1 aliphatic heterocycles. The molecule has 1 aromatic rings. The number of carbonyl (C=O) groups excluding carboxylic acids is 1. The van der Waals surface area contributed by atoms with Crippen LogP contribution in [0, 0.1) is 5.41 Å². The molecule has 3 rings (SSSR count). The second-order valence-corrected chi connectivity index (χ2v) is 8.16. The predicted molar refractivity (Wildman–Crippen MR) is 89.6 cm³/mol.